The molecule has 0 aliphatic heterocycles. The van der Waals surface area contributed by atoms with Gasteiger partial charge in [-0.25, -0.2) is 9.78 Å². The molecule has 1 heterocycles. The molecule has 0 aliphatic carbocycles. The number of aliphatic carboxylic acids is 1. The number of nitrogens with zero attached hydrogens (tertiary/aromatic N) is 1. The van der Waals surface area contributed by atoms with Crippen molar-refractivity contribution in [3.63, 3.8) is 0 Å². The van der Waals surface area contributed by atoms with Gasteiger partial charge in [-0.2, -0.15) is 0 Å². The number of rotatable bonds is 6. The number of aromatic nitrogens is 2. The van der Waals surface area contributed by atoms with Crippen molar-refractivity contribution in [3.8, 4) is 0 Å². The van der Waals surface area contributed by atoms with Crippen LogP contribution in [0, 0.1) is 13.8 Å². The molecule has 110 valence electrons. The van der Waals surface area contributed by atoms with Crippen molar-refractivity contribution in [2.45, 2.75) is 46.1 Å². The van der Waals surface area contributed by atoms with E-state index in [1.165, 1.54) is 0 Å². The maximum Gasteiger partial charge on any atom is 0.326 e. The molecule has 0 fully saturated rings. The molecule has 0 spiro atoms. The summed E-state index contributed by atoms with van der Waals surface area (Å²) in [7, 11) is 0. The maximum atomic E-state index is 11.7. The van der Waals surface area contributed by atoms with Gasteiger partial charge in [-0.05, 0) is 26.7 Å². The third-order valence-electron chi connectivity index (χ3n) is 2.98. The molecule has 20 heavy (non-hydrogen) atoms. The number of carboxylic acids is 1. The summed E-state index contributed by atoms with van der Waals surface area (Å²) in [5, 5.41) is 11.3. The van der Waals surface area contributed by atoms with E-state index in [0.717, 1.165) is 0 Å². The van der Waals surface area contributed by atoms with Gasteiger partial charge in [0.25, 0.3) is 5.56 Å². The van der Waals surface area contributed by atoms with Crippen molar-refractivity contribution in [2.24, 2.45) is 0 Å². The normalized spacial score (nSPS) is 11.9. The molecule has 7 nitrogen and oxygen atoms in total. The number of carbonyl (C=O) groups excluding carboxylic acids is 1. The highest BCUT2D eigenvalue weighted by Crippen LogP contribution is 2.03. The third kappa shape index (κ3) is 4.18. The van der Waals surface area contributed by atoms with E-state index in [1.807, 2.05) is 0 Å². The first-order valence-corrected chi connectivity index (χ1v) is 6.43. The zero-order valence-electron chi connectivity index (χ0n) is 11.8. The van der Waals surface area contributed by atoms with Gasteiger partial charge >= 0.3 is 5.97 Å². The van der Waals surface area contributed by atoms with Crippen molar-refractivity contribution < 1.29 is 14.7 Å². The second-order valence-electron chi connectivity index (χ2n) is 4.58. The summed E-state index contributed by atoms with van der Waals surface area (Å²) in [6, 6.07) is -0.891. The monoisotopic (exact) mass is 281 g/mol. The van der Waals surface area contributed by atoms with Gasteiger partial charge in [0.1, 0.15) is 11.9 Å². The Kier molecular flexibility index (Phi) is 5.42. The number of hydrogen-bond donors (Lipinski definition) is 3. The fourth-order valence-electron chi connectivity index (χ4n) is 1.89. The van der Waals surface area contributed by atoms with Crippen LogP contribution < -0.4 is 10.9 Å². The van der Waals surface area contributed by atoms with Crippen LogP contribution in [0.25, 0.3) is 0 Å². The van der Waals surface area contributed by atoms with Crippen molar-refractivity contribution in [2.75, 3.05) is 0 Å². The van der Waals surface area contributed by atoms with Crippen molar-refractivity contribution in [1.29, 1.82) is 0 Å². The summed E-state index contributed by atoms with van der Waals surface area (Å²) < 4.78 is 0. The predicted molar refractivity (Wildman–Crippen MR) is 72.5 cm³/mol. The van der Waals surface area contributed by atoms with Crippen molar-refractivity contribution in [3.05, 3.63) is 27.4 Å². The van der Waals surface area contributed by atoms with E-state index in [0.29, 0.717) is 23.5 Å². The second-order valence-corrected chi connectivity index (χ2v) is 4.58. The Morgan fingerprint density at radius 1 is 1.40 bits per heavy atom. The summed E-state index contributed by atoms with van der Waals surface area (Å²) in [6.07, 6.45) is 0.599. The largest absolute Gasteiger partial charge is 0.480 e. The smallest absolute Gasteiger partial charge is 0.326 e. The molecule has 1 aromatic rings. The van der Waals surface area contributed by atoms with Gasteiger partial charge in [0.2, 0.25) is 5.91 Å². The summed E-state index contributed by atoms with van der Waals surface area (Å²) in [6.45, 7) is 5.07. The number of amides is 1. The lowest BCUT2D eigenvalue weighted by molar-refractivity contribution is -0.141. The Balaban J connectivity index is 2.66. The molecule has 0 unspecified atom stereocenters. The lowest BCUT2D eigenvalue weighted by Gasteiger charge is -2.12. The number of hydrogen-bond acceptors (Lipinski definition) is 4. The van der Waals surface area contributed by atoms with Crippen LogP contribution in [0.3, 0.4) is 0 Å². The molecular formula is C13H19N3O4. The van der Waals surface area contributed by atoms with Gasteiger partial charge in [-0.15, -0.1) is 0 Å². The van der Waals surface area contributed by atoms with E-state index in [4.69, 9.17) is 5.11 Å². The van der Waals surface area contributed by atoms with E-state index >= 15 is 0 Å². The van der Waals surface area contributed by atoms with Crippen molar-refractivity contribution >= 4 is 11.9 Å². The number of nitrogens with one attached hydrogen (secondary N) is 2. The molecule has 1 atom stereocenters. The minimum atomic E-state index is -1.06. The maximum absolute atomic E-state index is 11.7. The fourth-order valence-corrected chi connectivity index (χ4v) is 1.89. The van der Waals surface area contributed by atoms with Crippen LogP contribution in [0.2, 0.25) is 0 Å². The molecule has 3 N–H and O–H groups in total. The van der Waals surface area contributed by atoms with Gasteiger partial charge in [0, 0.05) is 17.7 Å². The molecule has 7 heteroatoms. The first-order valence-electron chi connectivity index (χ1n) is 6.43. The van der Waals surface area contributed by atoms with Crippen molar-refractivity contribution in [1.82, 2.24) is 15.3 Å². The minimum Gasteiger partial charge on any atom is -0.480 e. The Labute approximate surface area is 116 Å². The molecule has 0 radical (unpaired) electrons. The fraction of sp³-hybridized carbons (Fsp3) is 0.538. The molecule has 0 saturated carbocycles. The minimum absolute atomic E-state index is 0.0540. The number of aryl methyl sites for hydroxylation is 2. The number of H-pyrrole nitrogens is 1. The lowest BCUT2D eigenvalue weighted by atomic mass is 10.1. The van der Waals surface area contributed by atoms with E-state index < -0.39 is 17.9 Å². The van der Waals surface area contributed by atoms with Crippen LogP contribution in [0.1, 0.15) is 36.8 Å². The van der Waals surface area contributed by atoms with E-state index in [2.05, 4.69) is 15.3 Å². The number of aromatic amines is 1. The van der Waals surface area contributed by atoms with Crippen LogP contribution in [0.5, 0.6) is 0 Å². The zero-order chi connectivity index (χ0) is 15.3. The van der Waals surface area contributed by atoms with Gasteiger partial charge in [0.15, 0.2) is 0 Å². The molecular weight excluding hydrogens is 262 g/mol. The molecule has 1 amide bonds. The van der Waals surface area contributed by atoms with Gasteiger partial charge in [-0.1, -0.05) is 6.92 Å². The average Bonchev–Trinajstić information content (AvgIpc) is 2.34. The summed E-state index contributed by atoms with van der Waals surface area (Å²) in [5.74, 6) is -0.928. The molecule has 1 aromatic heterocycles. The Morgan fingerprint density at radius 2 is 2.05 bits per heavy atom. The molecule has 0 aromatic carbocycles. The summed E-state index contributed by atoms with van der Waals surface area (Å²) in [4.78, 5) is 40.9. The Hall–Kier alpha value is -2.18. The molecule has 0 saturated heterocycles. The SMILES string of the molecule is CC[C@H](NC(=O)CCc1c(C)nc(C)[nH]c1=O)C(=O)O. The predicted octanol–water partition coefficient (Wildman–Crippen LogP) is 0.299. The highest BCUT2D eigenvalue weighted by molar-refractivity contribution is 5.83. The lowest BCUT2D eigenvalue weighted by Crippen LogP contribution is -2.40. The van der Waals surface area contributed by atoms with Crippen LogP contribution >= 0.6 is 0 Å². The van der Waals surface area contributed by atoms with Gasteiger partial charge in [-0.3, -0.25) is 9.59 Å². The molecule has 0 aliphatic rings. The van der Waals surface area contributed by atoms with Crippen LogP contribution in [0.4, 0.5) is 0 Å². The van der Waals surface area contributed by atoms with Gasteiger partial charge in [0.05, 0.1) is 0 Å². The number of carbonyl (C=O) groups is 2. The van der Waals surface area contributed by atoms with Gasteiger partial charge < -0.3 is 15.4 Å². The van der Waals surface area contributed by atoms with Crippen LogP contribution in [-0.4, -0.2) is 33.0 Å². The average molecular weight is 281 g/mol. The summed E-state index contributed by atoms with van der Waals surface area (Å²) in [5.41, 5.74) is 0.784. The summed E-state index contributed by atoms with van der Waals surface area (Å²) >= 11 is 0. The number of carboxylic acid groups (broad SMARTS) is 1. The standard InChI is InChI=1S/C13H19N3O4/c1-4-10(13(19)20)16-11(17)6-5-9-7(2)14-8(3)15-12(9)18/h10H,4-6H2,1-3H3,(H,16,17)(H,19,20)(H,14,15,18)/t10-/m0/s1. The molecule has 0 bridgehead atoms. The first-order chi connectivity index (χ1) is 9.35. The third-order valence-corrected chi connectivity index (χ3v) is 2.98. The first kappa shape index (κ1) is 15.9. The van der Waals surface area contributed by atoms with E-state index in [9.17, 15) is 14.4 Å². The zero-order valence-corrected chi connectivity index (χ0v) is 11.8. The Morgan fingerprint density at radius 3 is 2.55 bits per heavy atom. The van der Waals surface area contributed by atoms with E-state index in [-0.39, 0.29) is 18.4 Å². The quantitative estimate of drug-likeness (QED) is 0.694. The van der Waals surface area contributed by atoms with E-state index in [1.54, 1.807) is 20.8 Å². The second kappa shape index (κ2) is 6.83. The highest BCUT2D eigenvalue weighted by atomic mass is 16.4. The molecule has 1 rings (SSSR count). The highest BCUT2D eigenvalue weighted by Gasteiger charge is 2.18. The van der Waals surface area contributed by atoms with Crippen LogP contribution in [0.15, 0.2) is 4.79 Å². The Bertz CT molecular complexity index is 565. The topological polar surface area (TPSA) is 112 Å². The van der Waals surface area contributed by atoms with Crippen LogP contribution in [-0.2, 0) is 16.0 Å².